The van der Waals surface area contributed by atoms with Crippen LogP contribution in [0.5, 0.6) is 0 Å². The molecule has 36 heavy (non-hydrogen) atoms. The lowest BCUT2D eigenvalue weighted by Gasteiger charge is -2.38. The molecule has 1 aromatic carbocycles. The molecule has 0 radical (unpaired) electrons. The van der Waals surface area contributed by atoms with E-state index in [0.29, 0.717) is 5.41 Å². The van der Waals surface area contributed by atoms with E-state index >= 15 is 0 Å². The standard InChI is InChI=1S/C36H58/c1-5-15-30-17-21-32(22-18-30)34-25-27-35(28-26-34)33-23-19-31(20-24-33)16-13-11-9-7-6-8-10-12-14-29-36(2,3)4/h19-20,23-24,30,32,34-35H,5-12,14-15,17-18,21-22,25-29H2,1-4H3. The number of rotatable bonds is 12. The van der Waals surface area contributed by atoms with Gasteiger partial charge < -0.3 is 0 Å². The average molecular weight is 491 g/mol. The van der Waals surface area contributed by atoms with Crippen molar-refractivity contribution in [3.63, 3.8) is 0 Å². The van der Waals surface area contributed by atoms with Crippen LogP contribution < -0.4 is 0 Å². The fourth-order valence-corrected chi connectivity index (χ4v) is 7.04. The summed E-state index contributed by atoms with van der Waals surface area (Å²) in [7, 11) is 0. The van der Waals surface area contributed by atoms with Gasteiger partial charge in [0.1, 0.15) is 0 Å². The summed E-state index contributed by atoms with van der Waals surface area (Å²) in [6, 6.07) is 9.32. The molecule has 2 fully saturated rings. The molecular formula is C36H58. The largest absolute Gasteiger partial charge is 0.0979 e. The third kappa shape index (κ3) is 11.0. The van der Waals surface area contributed by atoms with Crippen molar-refractivity contribution >= 4 is 0 Å². The van der Waals surface area contributed by atoms with Gasteiger partial charge in [-0.3, -0.25) is 0 Å². The van der Waals surface area contributed by atoms with Gasteiger partial charge >= 0.3 is 0 Å². The van der Waals surface area contributed by atoms with E-state index in [0.717, 1.165) is 30.1 Å². The second-order valence-corrected chi connectivity index (χ2v) is 13.6. The Hall–Kier alpha value is -1.22. The van der Waals surface area contributed by atoms with Crippen LogP contribution in [-0.2, 0) is 0 Å². The molecule has 2 saturated carbocycles. The predicted molar refractivity (Wildman–Crippen MR) is 159 cm³/mol. The Morgan fingerprint density at radius 1 is 0.694 bits per heavy atom. The van der Waals surface area contributed by atoms with E-state index in [1.54, 1.807) is 5.56 Å². The van der Waals surface area contributed by atoms with Gasteiger partial charge in [-0.2, -0.15) is 0 Å². The van der Waals surface area contributed by atoms with Gasteiger partial charge in [-0.1, -0.05) is 116 Å². The minimum Gasteiger partial charge on any atom is -0.0979 e. The van der Waals surface area contributed by atoms with Crippen LogP contribution in [0.4, 0.5) is 0 Å². The van der Waals surface area contributed by atoms with Gasteiger partial charge in [0.05, 0.1) is 0 Å². The van der Waals surface area contributed by atoms with Gasteiger partial charge in [-0.15, -0.1) is 0 Å². The number of hydrogen-bond acceptors (Lipinski definition) is 0. The highest BCUT2D eigenvalue weighted by atomic mass is 14.4. The predicted octanol–water partition coefficient (Wildman–Crippen LogP) is 11.5. The van der Waals surface area contributed by atoms with Crippen molar-refractivity contribution in [2.75, 3.05) is 0 Å². The van der Waals surface area contributed by atoms with Gasteiger partial charge in [0.15, 0.2) is 0 Å². The van der Waals surface area contributed by atoms with E-state index in [-0.39, 0.29) is 0 Å². The molecule has 0 N–H and O–H groups in total. The van der Waals surface area contributed by atoms with Crippen molar-refractivity contribution in [3.8, 4) is 11.8 Å². The van der Waals surface area contributed by atoms with Crippen molar-refractivity contribution in [1.29, 1.82) is 0 Å². The molecule has 0 spiro atoms. The minimum absolute atomic E-state index is 0.505. The normalized spacial score (nSPS) is 24.8. The van der Waals surface area contributed by atoms with Crippen LogP contribution in [0.3, 0.4) is 0 Å². The fraction of sp³-hybridized carbons (Fsp3) is 0.778. The summed E-state index contributed by atoms with van der Waals surface area (Å²) in [4.78, 5) is 0. The summed E-state index contributed by atoms with van der Waals surface area (Å²) < 4.78 is 0. The molecule has 0 unspecified atom stereocenters. The van der Waals surface area contributed by atoms with Crippen molar-refractivity contribution in [3.05, 3.63) is 35.4 Å². The maximum atomic E-state index is 3.43. The van der Waals surface area contributed by atoms with Crippen LogP contribution in [0.1, 0.15) is 167 Å². The molecule has 1 aromatic rings. The molecule has 0 amide bonds. The topological polar surface area (TPSA) is 0 Å². The van der Waals surface area contributed by atoms with Gasteiger partial charge in [-0.25, -0.2) is 0 Å². The Kier molecular flexibility index (Phi) is 13.0. The third-order valence-electron chi connectivity index (χ3n) is 9.37. The lowest BCUT2D eigenvalue weighted by atomic mass is 9.68. The quantitative estimate of drug-likeness (QED) is 0.202. The summed E-state index contributed by atoms with van der Waals surface area (Å²) in [5, 5.41) is 0. The van der Waals surface area contributed by atoms with E-state index in [4.69, 9.17) is 0 Å². The SMILES string of the molecule is CCCC1CCC(C2CCC(c3ccc(C#CCCCCCCCCCC(C)(C)C)cc3)CC2)CC1. The summed E-state index contributed by atoms with van der Waals surface area (Å²) in [5.74, 6) is 10.7. The number of unbranched alkanes of at least 4 members (excludes halogenated alkanes) is 7. The molecule has 3 rings (SSSR count). The zero-order valence-electron chi connectivity index (χ0n) is 24.6. The molecule has 0 nitrogen and oxygen atoms in total. The van der Waals surface area contributed by atoms with Crippen molar-refractivity contribution < 1.29 is 0 Å². The van der Waals surface area contributed by atoms with Crippen LogP contribution >= 0.6 is 0 Å². The molecule has 0 bridgehead atoms. The summed E-state index contributed by atoms with van der Waals surface area (Å²) in [6.45, 7) is 9.42. The monoisotopic (exact) mass is 490 g/mol. The van der Waals surface area contributed by atoms with Crippen molar-refractivity contribution in [2.24, 2.45) is 23.2 Å². The fourth-order valence-electron chi connectivity index (χ4n) is 7.04. The lowest BCUT2D eigenvalue weighted by molar-refractivity contribution is 0.156. The highest BCUT2D eigenvalue weighted by Gasteiger charge is 2.31. The molecule has 0 heteroatoms. The highest BCUT2D eigenvalue weighted by Crippen LogP contribution is 2.44. The zero-order chi connectivity index (χ0) is 25.6. The van der Waals surface area contributed by atoms with E-state index in [1.165, 1.54) is 121 Å². The Morgan fingerprint density at radius 2 is 1.25 bits per heavy atom. The smallest absolute Gasteiger partial charge is 0.0245 e. The molecular weight excluding hydrogens is 432 g/mol. The van der Waals surface area contributed by atoms with Gasteiger partial charge in [0.25, 0.3) is 0 Å². The molecule has 0 heterocycles. The first kappa shape index (κ1) is 29.3. The van der Waals surface area contributed by atoms with E-state index < -0.39 is 0 Å². The lowest BCUT2D eigenvalue weighted by Crippen LogP contribution is -2.25. The molecule has 0 saturated heterocycles. The first-order valence-electron chi connectivity index (χ1n) is 16.0. The van der Waals surface area contributed by atoms with Crippen LogP contribution in [0.15, 0.2) is 24.3 Å². The van der Waals surface area contributed by atoms with E-state index in [1.807, 2.05) is 0 Å². The highest BCUT2D eigenvalue weighted by molar-refractivity contribution is 5.37. The van der Waals surface area contributed by atoms with E-state index in [2.05, 4.69) is 63.8 Å². The maximum absolute atomic E-state index is 3.43. The molecule has 0 aromatic heterocycles. The molecule has 2 aliphatic rings. The Bertz CT molecular complexity index is 751. The second-order valence-electron chi connectivity index (χ2n) is 13.6. The average Bonchev–Trinajstić information content (AvgIpc) is 2.88. The van der Waals surface area contributed by atoms with Crippen LogP contribution in [-0.4, -0.2) is 0 Å². The van der Waals surface area contributed by atoms with Gasteiger partial charge in [0, 0.05) is 12.0 Å². The summed E-state index contributed by atoms with van der Waals surface area (Å²) in [6.07, 6.45) is 26.7. The summed E-state index contributed by atoms with van der Waals surface area (Å²) in [5.41, 5.74) is 3.27. The Morgan fingerprint density at radius 3 is 1.83 bits per heavy atom. The van der Waals surface area contributed by atoms with Crippen molar-refractivity contribution in [2.45, 2.75) is 156 Å². The summed E-state index contributed by atoms with van der Waals surface area (Å²) >= 11 is 0. The maximum Gasteiger partial charge on any atom is 0.0245 e. The molecule has 0 aliphatic heterocycles. The Labute approximate surface area is 225 Å². The van der Waals surface area contributed by atoms with Crippen LogP contribution in [0.25, 0.3) is 0 Å². The second kappa shape index (κ2) is 15.9. The molecule has 0 atom stereocenters. The third-order valence-corrected chi connectivity index (χ3v) is 9.37. The first-order chi connectivity index (χ1) is 17.4. The Balaban J connectivity index is 1.26. The van der Waals surface area contributed by atoms with Crippen LogP contribution in [0, 0.1) is 35.0 Å². The van der Waals surface area contributed by atoms with Gasteiger partial charge in [-0.05, 0) is 98.1 Å². The zero-order valence-corrected chi connectivity index (χ0v) is 24.6. The van der Waals surface area contributed by atoms with E-state index in [9.17, 15) is 0 Å². The van der Waals surface area contributed by atoms with Gasteiger partial charge in [0.2, 0.25) is 0 Å². The van der Waals surface area contributed by atoms with Crippen molar-refractivity contribution in [1.82, 2.24) is 0 Å². The first-order valence-corrected chi connectivity index (χ1v) is 16.0. The van der Waals surface area contributed by atoms with Crippen LogP contribution in [0.2, 0.25) is 0 Å². The number of hydrogen-bond donors (Lipinski definition) is 0. The molecule has 2 aliphatic carbocycles. The molecule has 202 valence electrons. The number of benzene rings is 1. The minimum atomic E-state index is 0.505.